The van der Waals surface area contributed by atoms with E-state index in [2.05, 4.69) is 6.58 Å². The maximum absolute atomic E-state index is 13.5. The SMILES string of the molecule is C=CCN(CC(=O)N(CCc1ccc(OC)c(OC)c1)Cc1ccc(C)s1)C(=O)c1ccc(Cl)cc1. The van der Waals surface area contributed by atoms with E-state index in [1.165, 1.54) is 9.78 Å². The Labute approximate surface area is 221 Å². The number of aryl methyl sites for hydroxylation is 1. The van der Waals surface area contributed by atoms with Crippen LogP contribution in [0.4, 0.5) is 0 Å². The lowest BCUT2D eigenvalue weighted by Crippen LogP contribution is -2.43. The molecule has 6 nitrogen and oxygen atoms in total. The number of benzene rings is 2. The number of methoxy groups -OCH3 is 2. The van der Waals surface area contributed by atoms with E-state index in [0.29, 0.717) is 41.6 Å². The summed E-state index contributed by atoms with van der Waals surface area (Å²) < 4.78 is 10.7. The molecule has 190 valence electrons. The molecule has 2 aromatic carbocycles. The van der Waals surface area contributed by atoms with Gasteiger partial charge in [-0.1, -0.05) is 23.7 Å². The predicted octanol–water partition coefficient (Wildman–Crippen LogP) is 5.63. The van der Waals surface area contributed by atoms with E-state index < -0.39 is 0 Å². The summed E-state index contributed by atoms with van der Waals surface area (Å²) in [6.07, 6.45) is 2.25. The Kier molecular flexibility index (Phi) is 9.96. The van der Waals surface area contributed by atoms with Crippen LogP contribution in [0.15, 0.2) is 67.3 Å². The molecule has 3 aromatic rings. The molecule has 0 aliphatic heterocycles. The summed E-state index contributed by atoms with van der Waals surface area (Å²) in [7, 11) is 3.20. The van der Waals surface area contributed by atoms with Gasteiger partial charge in [-0.25, -0.2) is 0 Å². The summed E-state index contributed by atoms with van der Waals surface area (Å²) >= 11 is 7.63. The number of amides is 2. The third-order valence-electron chi connectivity index (χ3n) is 5.67. The number of ether oxygens (including phenoxy) is 2. The van der Waals surface area contributed by atoms with Gasteiger partial charge in [-0.3, -0.25) is 9.59 Å². The third kappa shape index (κ3) is 7.35. The molecule has 0 fully saturated rings. The smallest absolute Gasteiger partial charge is 0.254 e. The summed E-state index contributed by atoms with van der Waals surface area (Å²) in [4.78, 5) is 32.2. The Hall–Kier alpha value is -3.29. The Bertz CT molecular complexity index is 1190. The maximum Gasteiger partial charge on any atom is 0.254 e. The van der Waals surface area contributed by atoms with Gasteiger partial charge in [-0.05, 0) is 67.4 Å². The number of carbonyl (C=O) groups is 2. The summed E-state index contributed by atoms with van der Waals surface area (Å²) in [5, 5.41) is 0.547. The normalized spacial score (nSPS) is 10.6. The van der Waals surface area contributed by atoms with E-state index in [9.17, 15) is 9.59 Å². The molecule has 1 aromatic heterocycles. The highest BCUT2D eigenvalue weighted by Gasteiger charge is 2.22. The first-order chi connectivity index (χ1) is 17.3. The van der Waals surface area contributed by atoms with Gasteiger partial charge in [-0.15, -0.1) is 17.9 Å². The quantitative estimate of drug-likeness (QED) is 0.287. The Morgan fingerprint density at radius 3 is 2.33 bits per heavy atom. The van der Waals surface area contributed by atoms with Gasteiger partial charge in [0.1, 0.15) is 6.54 Å². The van der Waals surface area contributed by atoms with Gasteiger partial charge in [0.2, 0.25) is 5.91 Å². The summed E-state index contributed by atoms with van der Waals surface area (Å²) in [5.74, 6) is 0.925. The minimum absolute atomic E-state index is 0.0518. The molecule has 0 radical (unpaired) electrons. The van der Waals surface area contributed by atoms with Gasteiger partial charge in [0.05, 0.1) is 20.8 Å². The number of halogens is 1. The lowest BCUT2D eigenvalue weighted by Gasteiger charge is -2.27. The van der Waals surface area contributed by atoms with E-state index in [4.69, 9.17) is 21.1 Å². The molecule has 3 rings (SSSR count). The molecular formula is C28H31ClN2O4S. The number of thiophene rings is 1. The van der Waals surface area contributed by atoms with E-state index in [-0.39, 0.29) is 24.9 Å². The molecule has 0 N–H and O–H groups in total. The first-order valence-corrected chi connectivity index (χ1v) is 12.7. The molecule has 0 saturated heterocycles. The molecule has 0 atom stereocenters. The summed E-state index contributed by atoms with van der Waals surface area (Å²) in [5.41, 5.74) is 1.49. The highest BCUT2D eigenvalue weighted by molar-refractivity contribution is 7.11. The fourth-order valence-electron chi connectivity index (χ4n) is 3.76. The van der Waals surface area contributed by atoms with Crippen molar-refractivity contribution < 1.29 is 19.1 Å². The fraction of sp³-hybridized carbons (Fsp3) is 0.286. The number of carbonyl (C=O) groups excluding carboxylic acids is 2. The van der Waals surface area contributed by atoms with Crippen molar-refractivity contribution in [2.45, 2.75) is 19.9 Å². The molecule has 0 unspecified atom stereocenters. The molecule has 2 amide bonds. The zero-order chi connectivity index (χ0) is 26.1. The number of nitrogens with zero attached hydrogens (tertiary/aromatic N) is 2. The van der Waals surface area contributed by atoms with E-state index in [1.807, 2.05) is 37.3 Å². The number of hydrogen-bond donors (Lipinski definition) is 0. The van der Waals surface area contributed by atoms with Crippen LogP contribution in [-0.4, -0.2) is 55.5 Å². The van der Waals surface area contributed by atoms with Crippen LogP contribution in [0.1, 0.15) is 25.7 Å². The van der Waals surface area contributed by atoms with Crippen LogP contribution in [0.5, 0.6) is 11.5 Å². The van der Waals surface area contributed by atoms with Crippen LogP contribution < -0.4 is 9.47 Å². The van der Waals surface area contributed by atoms with Gasteiger partial charge in [-0.2, -0.15) is 0 Å². The van der Waals surface area contributed by atoms with Crippen molar-refractivity contribution in [3.05, 3.63) is 93.2 Å². The molecule has 0 saturated carbocycles. The molecule has 1 heterocycles. The zero-order valence-corrected chi connectivity index (χ0v) is 22.4. The van der Waals surface area contributed by atoms with Crippen LogP contribution in [0.3, 0.4) is 0 Å². The second kappa shape index (κ2) is 13.1. The van der Waals surface area contributed by atoms with Crippen molar-refractivity contribution >= 4 is 34.8 Å². The Morgan fingerprint density at radius 1 is 1.00 bits per heavy atom. The standard InChI is InChI=1S/C28H31ClN2O4S/c1-5-15-31(28(33)22-8-10-23(29)11-9-22)19-27(32)30(18-24-12-6-20(2)36-24)16-14-21-7-13-25(34-3)26(17-21)35-4/h5-13,17H,1,14-16,18-19H2,2-4H3. The molecular weight excluding hydrogens is 496 g/mol. The van der Waals surface area contributed by atoms with Gasteiger partial charge < -0.3 is 19.3 Å². The maximum atomic E-state index is 13.5. The summed E-state index contributed by atoms with van der Waals surface area (Å²) in [6.45, 7) is 6.97. The second-order valence-corrected chi connectivity index (χ2v) is 10.1. The molecule has 0 aliphatic rings. The van der Waals surface area contributed by atoms with Crippen molar-refractivity contribution in [3.8, 4) is 11.5 Å². The molecule has 8 heteroatoms. The van der Waals surface area contributed by atoms with Crippen LogP contribution in [-0.2, 0) is 17.8 Å². The average molecular weight is 527 g/mol. The highest BCUT2D eigenvalue weighted by Crippen LogP contribution is 2.28. The number of hydrogen-bond acceptors (Lipinski definition) is 5. The fourth-order valence-corrected chi connectivity index (χ4v) is 4.80. The highest BCUT2D eigenvalue weighted by atomic mass is 35.5. The first-order valence-electron chi connectivity index (χ1n) is 11.5. The van der Waals surface area contributed by atoms with E-state index in [1.54, 1.807) is 60.8 Å². The zero-order valence-electron chi connectivity index (χ0n) is 20.8. The van der Waals surface area contributed by atoms with Gasteiger partial charge >= 0.3 is 0 Å². The lowest BCUT2D eigenvalue weighted by atomic mass is 10.1. The molecule has 0 bridgehead atoms. The Morgan fingerprint density at radius 2 is 1.72 bits per heavy atom. The molecule has 36 heavy (non-hydrogen) atoms. The van der Waals surface area contributed by atoms with Gasteiger partial charge in [0, 0.05) is 33.4 Å². The third-order valence-corrected chi connectivity index (χ3v) is 6.91. The van der Waals surface area contributed by atoms with Crippen molar-refractivity contribution in [1.82, 2.24) is 9.80 Å². The predicted molar refractivity (Wildman–Crippen MR) is 145 cm³/mol. The van der Waals surface area contributed by atoms with Gasteiger partial charge in [0.25, 0.3) is 5.91 Å². The topological polar surface area (TPSA) is 59.1 Å². The van der Waals surface area contributed by atoms with Crippen LogP contribution in [0, 0.1) is 6.92 Å². The van der Waals surface area contributed by atoms with Crippen LogP contribution in [0.2, 0.25) is 5.02 Å². The molecule has 0 aliphatic carbocycles. The van der Waals surface area contributed by atoms with E-state index in [0.717, 1.165) is 10.4 Å². The Balaban J connectivity index is 1.78. The van der Waals surface area contributed by atoms with Crippen molar-refractivity contribution in [2.24, 2.45) is 0 Å². The van der Waals surface area contributed by atoms with Crippen molar-refractivity contribution in [1.29, 1.82) is 0 Å². The second-order valence-electron chi connectivity index (χ2n) is 8.25. The molecule has 0 spiro atoms. The van der Waals surface area contributed by atoms with Crippen molar-refractivity contribution in [2.75, 3.05) is 33.9 Å². The van der Waals surface area contributed by atoms with Crippen LogP contribution >= 0.6 is 22.9 Å². The van der Waals surface area contributed by atoms with E-state index >= 15 is 0 Å². The minimum atomic E-state index is -0.244. The number of rotatable bonds is 12. The van der Waals surface area contributed by atoms with Crippen molar-refractivity contribution in [3.63, 3.8) is 0 Å². The summed E-state index contributed by atoms with van der Waals surface area (Å²) in [6, 6.07) is 16.5. The minimum Gasteiger partial charge on any atom is -0.493 e. The van der Waals surface area contributed by atoms with Crippen LogP contribution in [0.25, 0.3) is 0 Å². The first kappa shape index (κ1) is 27.3. The van der Waals surface area contributed by atoms with Gasteiger partial charge in [0.15, 0.2) is 11.5 Å². The monoisotopic (exact) mass is 526 g/mol. The average Bonchev–Trinajstić information content (AvgIpc) is 3.30. The largest absolute Gasteiger partial charge is 0.493 e. The lowest BCUT2D eigenvalue weighted by molar-refractivity contribution is -0.132.